The number of carbonyl (C=O) groups is 2. The van der Waals surface area contributed by atoms with Gasteiger partial charge in [0.05, 0.1) is 5.41 Å². The van der Waals surface area contributed by atoms with Gasteiger partial charge in [-0.15, -0.1) is 0 Å². The Morgan fingerprint density at radius 3 is 2.41 bits per heavy atom. The zero-order chi connectivity index (χ0) is 12.6. The van der Waals surface area contributed by atoms with E-state index in [1.165, 1.54) is 0 Å². The highest BCUT2D eigenvalue weighted by Gasteiger charge is 2.48. The minimum Gasteiger partial charge on any atom is -0.481 e. The summed E-state index contributed by atoms with van der Waals surface area (Å²) in [6, 6.07) is 0. The van der Waals surface area contributed by atoms with Gasteiger partial charge in [-0.25, -0.2) is 0 Å². The van der Waals surface area contributed by atoms with Gasteiger partial charge in [0.15, 0.2) is 0 Å². The van der Waals surface area contributed by atoms with E-state index in [1.807, 2.05) is 19.1 Å². The van der Waals surface area contributed by atoms with Gasteiger partial charge < -0.3 is 10.0 Å². The molecule has 0 radical (unpaired) electrons. The maximum atomic E-state index is 12.2. The molecule has 0 saturated carbocycles. The highest BCUT2D eigenvalue weighted by atomic mass is 16.4. The summed E-state index contributed by atoms with van der Waals surface area (Å²) in [5.41, 5.74) is -0.790. The summed E-state index contributed by atoms with van der Waals surface area (Å²) in [4.78, 5) is 25.2. The van der Waals surface area contributed by atoms with Gasteiger partial charge in [-0.05, 0) is 25.7 Å². The molecule has 2 aliphatic rings. The number of carbonyl (C=O) groups excluding carboxylic acids is 1. The SMILES string of the molecule is C[C@@H]1CN(C(=O)C2CC=CC2)C[C@@]1(C)C(=O)O. The lowest BCUT2D eigenvalue weighted by molar-refractivity contribution is -0.149. The second kappa shape index (κ2) is 4.17. The van der Waals surface area contributed by atoms with E-state index in [2.05, 4.69) is 0 Å². The summed E-state index contributed by atoms with van der Waals surface area (Å²) < 4.78 is 0. The molecular formula is C13H19NO3. The average Bonchev–Trinajstić information content (AvgIpc) is 2.87. The summed E-state index contributed by atoms with van der Waals surface area (Å²) in [6.07, 6.45) is 5.65. The smallest absolute Gasteiger partial charge is 0.311 e. The summed E-state index contributed by atoms with van der Waals surface area (Å²) in [7, 11) is 0. The van der Waals surface area contributed by atoms with E-state index >= 15 is 0 Å². The minimum atomic E-state index is -0.801. The summed E-state index contributed by atoms with van der Waals surface area (Å²) in [6.45, 7) is 4.56. The Morgan fingerprint density at radius 2 is 1.94 bits per heavy atom. The van der Waals surface area contributed by atoms with Crippen molar-refractivity contribution in [2.45, 2.75) is 26.7 Å². The van der Waals surface area contributed by atoms with Crippen LogP contribution in [0.5, 0.6) is 0 Å². The molecule has 0 aromatic carbocycles. The molecule has 4 heteroatoms. The molecule has 2 atom stereocenters. The Kier molecular flexibility index (Phi) is 2.98. The monoisotopic (exact) mass is 237 g/mol. The van der Waals surface area contributed by atoms with Crippen LogP contribution in [0.1, 0.15) is 26.7 Å². The molecule has 2 rings (SSSR count). The highest BCUT2D eigenvalue weighted by Crippen LogP contribution is 2.37. The van der Waals surface area contributed by atoms with Gasteiger partial charge in [0.25, 0.3) is 0 Å². The molecule has 0 unspecified atom stereocenters. The largest absolute Gasteiger partial charge is 0.481 e. The number of amides is 1. The molecule has 0 bridgehead atoms. The second-order valence-corrected chi connectivity index (χ2v) is 5.48. The highest BCUT2D eigenvalue weighted by molar-refractivity contribution is 5.82. The fourth-order valence-electron chi connectivity index (χ4n) is 2.67. The Balaban J connectivity index is 2.06. The topological polar surface area (TPSA) is 57.6 Å². The van der Waals surface area contributed by atoms with E-state index in [0.29, 0.717) is 13.1 Å². The van der Waals surface area contributed by atoms with Crippen molar-refractivity contribution in [2.24, 2.45) is 17.3 Å². The molecule has 4 nitrogen and oxygen atoms in total. The number of hydrogen-bond donors (Lipinski definition) is 1. The van der Waals surface area contributed by atoms with Crippen molar-refractivity contribution in [3.63, 3.8) is 0 Å². The van der Waals surface area contributed by atoms with Gasteiger partial charge in [0, 0.05) is 19.0 Å². The van der Waals surface area contributed by atoms with Gasteiger partial charge >= 0.3 is 5.97 Å². The number of nitrogens with zero attached hydrogens (tertiary/aromatic N) is 1. The van der Waals surface area contributed by atoms with Crippen LogP contribution in [0.15, 0.2) is 12.2 Å². The van der Waals surface area contributed by atoms with Crippen molar-refractivity contribution in [3.8, 4) is 0 Å². The van der Waals surface area contributed by atoms with E-state index in [1.54, 1.807) is 11.8 Å². The summed E-state index contributed by atoms with van der Waals surface area (Å²) >= 11 is 0. The lowest BCUT2D eigenvalue weighted by Gasteiger charge is -2.23. The maximum absolute atomic E-state index is 12.2. The van der Waals surface area contributed by atoms with Crippen LogP contribution in [-0.4, -0.2) is 35.0 Å². The number of carboxylic acid groups (broad SMARTS) is 1. The van der Waals surface area contributed by atoms with Crippen molar-refractivity contribution in [3.05, 3.63) is 12.2 Å². The summed E-state index contributed by atoms with van der Waals surface area (Å²) in [5, 5.41) is 9.26. The van der Waals surface area contributed by atoms with Gasteiger partial charge in [0.1, 0.15) is 0 Å². The van der Waals surface area contributed by atoms with Crippen LogP contribution in [0.2, 0.25) is 0 Å². The van der Waals surface area contributed by atoms with Crippen molar-refractivity contribution in [1.29, 1.82) is 0 Å². The van der Waals surface area contributed by atoms with Crippen molar-refractivity contribution in [2.75, 3.05) is 13.1 Å². The predicted molar refractivity (Wildman–Crippen MR) is 63.4 cm³/mol. The fraction of sp³-hybridized carbons (Fsp3) is 0.692. The number of allylic oxidation sites excluding steroid dienone is 2. The molecule has 0 aromatic rings. The van der Waals surface area contributed by atoms with Gasteiger partial charge in [-0.3, -0.25) is 9.59 Å². The van der Waals surface area contributed by atoms with E-state index in [-0.39, 0.29) is 17.7 Å². The van der Waals surface area contributed by atoms with Crippen LogP contribution in [-0.2, 0) is 9.59 Å². The third kappa shape index (κ3) is 1.96. The number of rotatable bonds is 2. The third-order valence-electron chi connectivity index (χ3n) is 4.26. The number of carboxylic acids is 1. The van der Waals surface area contributed by atoms with Crippen LogP contribution in [0.3, 0.4) is 0 Å². The van der Waals surface area contributed by atoms with Gasteiger partial charge in [-0.2, -0.15) is 0 Å². The number of aliphatic carboxylic acids is 1. The Morgan fingerprint density at radius 1 is 1.35 bits per heavy atom. The summed E-state index contributed by atoms with van der Waals surface area (Å²) in [5.74, 6) is -0.631. The molecular weight excluding hydrogens is 218 g/mol. The quantitative estimate of drug-likeness (QED) is 0.741. The second-order valence-electron chi connectivity index (χ2n) is 5.48. The van der Waals surface area contributed by atoms with E-state index in [9.17, 15) is 14.7 Å². The zero-order valence-corrected chi connectivity index (χ0v) is 10.3. The Bertz CT molecular complexity index is 369. The van der Waals surface area contributed by atoms with Crippen molar-refractivity contribution >= 4 is 11.9 Å². The Hall–Kier alpha value is -1.32. The molecule has 1 heterocycles. The maximum Gasteiger partial charge on any atom is 0.311 e. The molecule has 0 aromatic heterocycles. The van der Waals surface area contributed by atoms with Gasteiger partial charge in [-0.1, -0.05) is 19.1 Å². The third-order valence-corrected chi connectivity index (χ3v) is 4.26. The molecule has 1 amide bonds. The molecule has 1 saturated heterocycles. The standard InChI is InChI=1S/C13H19NO3/c1-9-7-14(8-13(9,2)12(16)17)11(15)10-5-3-4-6-10/h3-4,9-10H,5-8H2,1-2H3,(H,16,17)/t9-,13-/m1/s1. The van der Waals surface area contributed by atoms with Crippen LogP contribution < -0.4 is 0 Å². The van der Waals surface area contributed by atoms with Gasteiger partial charge in [0.2, 0.25) is 5.91 Å². The molecule has 1 aliphatic carbocycles. The molecule has 1 aliphatic heterocycles. The van der Waals surface area contributed by atoms with Crippen LogP contribution >= 0.6 is 0 Å². The lowest BCUT2D eigenvalue weighted by Crippen LogP contribution is -2.38. The molecule has 1 fully saturated rings. The molecule has 1 N–H and O–H groups in total. The van der Waals surface area contributed by atoms with Crippen molar-refractivity contribution in [1.82, 2.24) is 4.90 Å². The predicted octanol–water partition coefficient (Wildman–Crippen LogP) is 1.52. The van der Waals surface area contributed by atoms with Crippen LogP contribution in [0, 0.1) is 17.3 Å². The normalized spacial score (nSPS) is 33.3. The van der Waals surface area contributed by atoms with E-state index in [4.69, 9.17) is 0 Å². The fourth-order valence-corrected chi connectivity index (χ4v) is 2.67. The molecule has 17 heavy (non-hydrogen) atoms. The first kappa shape index (κ1) is 12.1. The first-order valence-electron chi connectivity index (χ1n) is 6.12. The first-order valence-corrected chi connectivity index (χ1v) is 6.12. The lowest BCUT2D eigenvalue weighted by atomic mass is 9.81. The van der Waals surface area contributed by atoms with Crippen LogP contribution in [0.25, 0.3) is 0 Å². The van der Waals surface area contributed by atoms with E-state index < -0.39 is 11.4 Å². The molecule has 0 spiro atoms. The Labute approximate surface area is 101 Å². The molecule has 94 valence electrons. The minimum absolute atomic E-state index is 0.0123. The van der Waals surface area contributed by atoms with E-state index in [0.717, 1.165) is 12.8 Å². The number of likely N-dealkylation sites (tertiary alicyclic amines) is 1. The van der Waals surface area contributed by atoms with Crippen LogP contribution in [0.4, 0.5) is 0 Å². The number of hydrogen-bond acceptors (Lipinski definition) is 2. The zero-order valence-electron chi connectivity index (χ0n) is 10.3. The first-order chi connectivity index (χ1) is 7.95. The van der Waals surface area contributed by atoms with Crippen molar-refractivity contribution < 1.29 is 14.7 Å². The average molecular weight is 237 g/mol.